The van der Waals surface area contributed by atoms with Crippen molar-refractivity contribution in [3.63, 3.8) is 0 Å². The fourth-order valence-corrected chi connectivity index (χ4v) is 9.56. The largest absolute Gasteiger partial charge is 0.336 e. The van der Waals surface area contributed by atoms with Crippen LogP contribution in [0.1, 0.15) is 50.3 Å². The summed E-state index contributed by atoms with van der Waals surface area (Å²) in [7, 11) is 0. The number of hydrogen-bond donors (Lipinski definition) is 0. The van der Waals surface area contributed by atoms with E-state index in [0.717, 1.165) is 46.7 Å². The maximum Gasteiger partial charge on any atom is 0.336 e. The van der Waals surface area contributed by atoms with Gasteiger partial charge in [-0.15, -0.1) is 0 Å². The Bertz CT molecular complexity index is 2740. The summed E-state index contributed by atoms with van der Waals surface area (Å²) in [5.41, 5.74) is 14.8. The van der Waals surface area contributed by atoms with E-state index in [1.54, 1.807) is 0 Å². The van der Waals surface area contributed by atoms with Crippen LogP contribution in [0.4, 0.5) is 27.5 Å². The normalized spacial score (nSPS) is 19.0. The molecule has 3 amide bonds. The van der Waals surface area contributed by atoms with E-state index in [4.69, 9.17) is 0 Å². The molecule has 1 heterocycles. The summed E-state index contributed by atoms with van der Waals surface area (Å²) in [6.07, 6.45) is 12.0. The van der Waals surface area contributed by atoms with E-state index in [9.17, 15) is 9.59 Å². The molecule has 10 rings (SSSR count). The zero-order chi connectivity index (χ0) is 40.3. The third-order valence-corrected chi connectivity index (χ3v) is 12.5. The van der Waals surface area contributed by atoms with E-state index in [0.29, 0.717) is 11.3 Å². The van der Waals surface area contributed by atoms with Crippen LogP contribution in [0.2, 0.25) is 0 Å². The molecular weight excluding hydrogens is 723 g/mol. The molecule has 2 atom stereocenters. The molecule has 0 aromatic heterocycles. The Hall–Kier alpha value is -6.98. The van der Waals surface area contributed by atoms with Gasteiger partial charge in [0.05, 0.1) is 11.7 Å². The van der Waals surface area contributed by atoms with Gasteiger partial charge in [0.25, 0.3) is 5.91 Å². The molecular formula is C54H45N3O2. The van der Waals surface area contributed by atoms with E-state index < -0.39 is 0 Å². The number of allylic oxidation sites excluding steroid dienone is 6. The first-order valence-electron chi connectivity index (χ1n) is 20.6. The molecule has 6 aromatic rings. The van der Waals surface area contributed by atoms with Crippen molar-refractivity contribution in [2.45, 2.75) is 45.1 Å². The van der Waals surface area contributed by atoms with E-state index in [2.05, 4.69) is 153 Å². The van der Waals surface area contributed by atoms with Crippen molar-refractivity contribution < 1.29 is 9.59 Å². The number of fused-ring (bicyclic) bond motifs is 4. The summed E-state index contributed by atoms with van der Waals surface area (Å²) >= 11 is 0. The molecule has 59 heavy (non-hydrogen) atoms. The number of urea groups is 1. The lowest BCUT2D eigenvalue weighted by Crippen LogP contribution is -2.60. The highest BCUT2D eigenvalue weighted by molar-refractivity contribution is 6.24. The highest BCUT2D eigenvalue weighted by Gasteiger charge is 2.47. The Morgan fingerprint density at radius 3 is 1.95 bits per heavy atom. The van der Waals surface area contributed by atoms with Crippen molar-refractivity contribution in [2.75, 3.05) is 9.80 Å². The first-order valence-corrected chi connectivity index (χ1v) is 20.6. The quantitative estimate of drug-likeness (QED) is 0.162. The Morgan fingerprint density at radius 2 is 1.25 bits per heavy atom. The van der Waals surface area contributed by atoms with Gasteiger partial charge in [0.1, 0.15) is 0 Å². The Labute approximate surface area is 346 Å². The van der Waals surface area contributed by atoms with Crippen LogP contribution in [0.3, 0.4) is 0 Å². The maximum atomic E-state index is 14.4. The lowest BCUT2D eigenvalue weighted by atomic mass is 9.81. The summed E-state index contributed by atoms with van der Waals surface area (Å²) < 4.78 is 0. The number of carbonyl (C=O) groups is 2. The first kappa shape index (κ1) is 36.4. The third-order valence-electron chi connectivity index (χ3n) is 12.5. The van der Waals surface area contributed by atoms with Crippen molar-refractivity contribution in [3.8, 4) is 22.3 Å². The van der Waals surface area contributed by atoms with Crippen LogP contribution in [0.15, 0.2) is 193 Å². The maximum absolute atomic E-state index is 14.4. The topological polar surface area (TPSA) is 43.9 Å². The number of hydrogen-bond acceptors (Lipinski definition) is 3. The number of rotatable bonds is 7. The first-order chi connectivity index (χ1) is 28.8. The summed E-state index contributed by atoms with van der Waals surface area (Å²) in [5.74, 6) is -0.365. The van der Waals surface area contributed by atoms with Gasteiger partial charge in [-0.25, -0.2) is 9.69 Å². The second-order valence-corrected chi connectivity index (χ2v) is 16.5. The van der Waals surface area contributed by atoms with Gasteiger partial charge in [-0.2, -0.15) is 0 Å². The Kier molecular flexibility index (Phi) is 8.90. The standard InChI is InChI=1S/C54H45N3O2/c1-36-33-40(34-48-51(36)56(41-17-9-5-10-18-41)53(59)57(52(48)58)42-19-11-6-12-20-42)39-25-29-44(30-26-39)55(43-27-23-38(24-28-43)37-15-7-4-8-16-37)45-31-32-47-46-21-13-14-22-49(46)54(2,3)50(47)35-45/h4-9,11-17,19-36,51H,10,18H2,1-3H3. The molecule has 0 N–H and O–H groups in total. The van der Waals surface area contributed by atoms with E-state index in [1.165, 1.54) is 38.3 Å². The highest BCUT2D eigenvalue weighted by Crippen LogP contribution is 2.51. The summed E-state index contributed by atoms with van der Waals surface area (Å²) in [6.45, 7) is 6.76. The van der Waals surface area contributed by atoms with Gasteiger partial charge in [-0.3, -0.25) is 9.69 Å². The van der Waals surface area contributed by atoms with Crippen LogP contribution >= 0.6 is 0 Å². The summed E-state index contributed by atoms with van der Waals surface area (Å²) in [6, 6.07) is 52.2. The third kappa shape index (κ3) is 6.16. The minimum Gasteiger partial charge on any atom is -0.310 e. The van der Waals surface area contributed by atoms with Gasteiger partial charge in [-0.1, -0.05) is 142 Å². The van der Waals surface area contributed by atoms with Crippen molar-refractivity contribution in [3.05, 3.63) is 210 Å². The molecule has 0 radical (unpaired) electrons. The number of anilines is 4. The molecule has 5 heteroatoms. The Balaban J connectivity index is 1.04. The van der Waals surface area contributed by atoms with Crippen LogP contribution in [0.5, 0.6) is 0 Å². The molecule has 0 saturated carbocycles. The van der Waals surface area contributed by atoms with E-state index >= 15 is 0 Å². The van der Waals surface area contributed by atoms with Crippen molar-refractivity contribution >= 4 is 40.3 Å². The minimum absolute atomic E-state index is 0.0965. The van der Waals surface area contributed by atoms with Crippen molar-refractivity contribution in [1.82, 2.24) is 4.90 Å². The molecule has 0 spiro atoms. The smallest absolute Gasteiger partial charge is 0.310 e. The second kappa shape index (κ2) is 14.4. The average Bonchev–Trinajstić information content (AvgIpc) is 3.51. The van der Waals surface area contributed by atoms with Gasteiger partial charge in [0, 0.05) is 39.7 Å². The second-order valence-electron chi connectivity index (χ2n) is 16.5. The van der Waals surface area contributed by atoms with Crippen LogP contribution < -0.4 is 9.80 Å². The number of amides is 3. The average molecular weight is 768 g/mol. The van der Waals surface area contributed by atoms with Crippen LogP contribution in [0.25, 0.3) is 27.8 Å². The van der Waals surface area contributed by atoms with Crippen LogP contribution in [0, 0.1) is 5.92 Å². The number of nitrogens with zero attached hydrogens (tertiary/aromatic N) is 3. The zero-order valence-corrected chi connectivity index (χ0v) is 33.5. The molecule has 3 aliphatic carbocycles. The number of benzene rings is 6. The number of carbonyl (C=O) groups excluding carboxylic acids is 2. The monoisotopic (exact) mass is 767 g/mol. The fraction of sp³-hybridized carbons (Fsp3) is 0.148. The Morgan fingerprint density at radius 1 is 0.644 bits per heavy atom. The molecule has 288 valence electrons. The lowest BCUT2D eigenvalue weighted by molar-refractivity contribution is -0.116. The predicted octanol–water partition coefficient (Wildman–Crippen LogP) is 13.2. The summed E-state index contributed by atoms with van der Waals surface area (Å²) in [4.78, 5) is 34.3. The van der Waals surface area contributed by atoms with Crippen molar-refractivity contribution in [1.29, 1.82) is 0 Å². The molecule has 1 aliphatic heterocycles. The molecule has 1 saturated heterocycles. The van der Waals surface area contributed by atoms with Crippen LogP contribution in [-0.4, -0.2) is 22.9 Å². The molecule has 4 aliphatic rings. The number of para-hydroxylation sites is 1. The molecule has 6 aromatic carbocycles. The van der Waals surface area contributed by atoms with Crippen LogP contribution in [-0.2, 0) is 10.2 Å². The molecule has 2 unspecified atom stereocenters. The SMILES string of the molecule is CC1C=C(c2ccc(N(c3ccc(-c4ccccc4)cc3)c3ccc4c(c3)C(C)(C)c3ccccc3-4)cc2)C=C2C(=O)N(c3ccccc3)C(=O)N(C3=CC=CCC3)C21. The zero-order valence-electron chi connectivity index (χ0n) is 33.5. The van der Waals surface area contributed by atoms with Crippen molar-refractivity contribution in [2.24, 2.45) is 5.92 Å². The predicted molar refractivity (Wildman–Crippen MR) is 241 cm³/mol. The fourth-order valence-electron chi connectivity index (χ4n) is 9.56. The molecule has 0 bridgehead atoms. The number of imide groups is 1. The van der Waals surface area contributed by atoms with Gasteiger partial charge in [0.15, 0.2) is 0 Å². The van der Waals surface area contributed by atoms with Gasteiger partial charge < -0.3 is 4.90 Å². The highest BCUT2D eigenvalue weighted by atomic mass is 16.2. The molecule has 1 fully saturated rings. The molecule has 5 nitrogen and oxygen atoms in total. The minimum atomic E-state index is -0.389. The van der Waals surface area contributed by atoms with Gasteiger partial charge >= 0.3 is 6.03 Å². The van der Waals surface area contributed by atoms with E-state index in [-0.39, 0.29) is 29.3 Å². The summed E-state index contributed by atoms with van der Waals surface area (Å²) in [5, 5.41) is 0. The van der Waals surface area contributed by atoms with E-state index in [1.807, 2.05) is 59.5 Å². The lowest BCUT2D eigenvalue weighted by Gasteiger charge is -2.46. The van der Waals surface area contributed by atoms with Gasteiger partial charge in [-0.05, 0) is 118 Å². The van der Waals surface area contributed by atoms with Gasteiger partial charge in [0.2, 0.25) is 0 Å².